The molecule has 0 radical (unpaired) electrons. The van der Waals surface area contributed by atoms with Crippen molar-refractivity contribution in [3.05, 3.63) is 137 Å². The first-order chi connectivity index (χ1) is 17.6. The summed E-state index contributed by atoms with van der Waals surface area (Å²) in [7, 11) is 0. The Hall–Kier alpha value is -4.10. The van der Waals surface area contributed by atoms with Gasteiger partial charge in [-0.15, -0.1) is 11.3 Å². The van der Waals surface area contributed by atoms with E-state index in [4.69, 9.17) is 0 Å². The van der Waals surface area contributed by atoms with Crippen molar-refractivity contribution in [3.8, 4) is 11.1 Å². The Morgan fingerprint density at radius 3 is 2.39 bits per heavy atom. The maximum absolute atomic E-state index is 3.59. The van der Waals surface area contributed by atoms with Gasteiger partial charge in [-0.2, -0.15) is 0 Å². The van der Waals surface area contributed by atoms with Crippen LogP contribution in [-0.4, -0.2) is 0 Å². The zero-order chi connectivity index (χ0) is 24.3. The van der Waals surface area contributed by atoms with Gasteiger partial charge in [-0.1, -0.05) is 80.2 Å². The molecule has 0 spiro atoms. The van der Waals surface area contributed by atoms with Crippen molar-refractivity contribution in [2.75, 3.05) is 5.32 Å². The number of hydrogen-bond acceptors (Lipinski definition) is 2. The Balaban J connectivity index is 1.18. The number of anilines is 1. The number of hydrogen-bond donors (Lipinski definition) is 1. The molecule has 2 aliphatic carbocycles. The third kappa shape index (κ3) is 3.31. The van der Waals surface area contributed by atoms with Crippen LogP contribution in [0.15, 0.2) is 126 Å². The Labute approximate surface area is 215 Å². The summed E-state index contributed by atoms with van der Waals surface area (Å²) in [4.78, 5) is 0. The highest BCUT2D eigenvalue weighted by Gasteiger charge is 2.37. The first-order valence-corrected chi connectivity index (χ1v) is 13.2. The molecule has 7 rings (SSSR count). The Morgan fingerprint density at radius 2 is 1.50 bits per heavy atom. The highest BCUT2D eigenvalue weighted by molar-refractivity contribution is 7.25. The molecule has 0 saturated heterocycles. The SMILES string of the molecule is CC1(C)C2=CC(Nc3ccc(-c4ccc5sc6ccccc6c5c4)cc3)=C=CC=C2c2ccccc21. The van der Waals surface area contributed by atoms with Gasteiger partial charge in [0.25, 0.3) is 0 Å². The third-order valence-electron chi connectivity index (χ3n) is 7.51. The molecule has 2 heteroatoms. The van der Waals surface area contributed by atoms with E-state index in [-0.39, 0.29) is 5.41 Å². The van der Waals surface area contributed by atoms with Gasteiger partial charge >= 0.3 is 0 Å². The lowest BCUT2D eigenvalue weighted by Gasteiger charge is -2.22. The molecular formula is C34H25NS. The Morgan fingerprint density at radius 1 is 0.750 bits per heavy atom. The van der Waals surface area contributed by atoms with Crippen molar-refractivity contribution in [2.45, 2.75) is 19.3 Å². The van der Waals surface area contributed by atoms with E-state index in [1.54, 1.807) is 0 Å². The second-order valence-electron chi connectivity index (χ2n) is 10.0. The van der Waals surface area contributed by atoms with Gasteiger partial charge in [0.2, 0.25) is 0 Å². The second kappa shape index (κ2) is 7.96. The van der Waals surface area contributed by atoms with Gasteiger partial charge in [-0.25, -0.2) is 0 Å². The van der Waals surface area contributed by atoms with Crippen LogP contribution in [0.4, 0.5) is 5.69 Å². The second-order valence-corrected chi connectivity index (χ2v) is 11.1. The van der Waals surface area contributed by atoms with Crippen LogP contribution < -0.4 is 5.32 Å². The molecule has 0 saturated carbocycles. The largest absolute Gasteiger partial charge is 0.349 e. The lowest BCUT2D eigenvalue weighted by Crippen LogP contribution is -2.15. The van der Waals surface area contributed by atoms with Crippen molar-refractivity contribution in [3.63, 3.8) is 0 Å². The van der Waals surface area contributed by atoms with E-state index < -0.39 is 0 Å². The van der Waals surface area contributed by atoms with Crippen LogP contribution in [0.2, 0.25) is 0 Å². The van der Waals surface area contributed by atoms with Gasteiger partial charge in [-0.05, 0) is 82.0 Å². The van der Waals surface area contributed by atoms with Crippen LogP contribution >= 0.6 is 11.3 Å². The molecule has 0 aliphatic heterocycles. The van der Waals surface area contributed by atoms with Crippen LogP contribution in [0.3, 0.4) is 0 Å². The smallest absolute Gasteiger partial charge is 0.0821 e. The summed E-state index contributed by atoms with van der Waals surface area (Å²) in [5.74, 6) is 0. The molecule has 0 fully saturated rings. The molecule has 0 amide bonds. The average Bonchev–Trinajstić information content (AvgIpc) is 3.26. The number of thiophene rings is 1. The van der Waals surface area contributed by atoms with E-state index in [2.05, 4.69) is 128 Å². The zero-order valence-corrected chi connectivity index (χ0v) is 21.1. The molecule has 4 aromatic carbocycles. The molecule has 172 valence electrons. The molecule has 1 heterocycles. The van der Waals surface area contributed by atoms with Crippen molar-refractivity contribution in [1.29, 1.82) is 0 Å². The van der Waals surface area contributed by atoms with Crippen LogP contribution in [0.25, 0.3) is 36.9 Å². The van der Waals surface area contributed by atoms with Gasteiger partial charge in [0, 0.05) is 31.3 Å². The molecule has 2 aliphatic rings. The third-order valence-corrected chi connectivity index (χ3v) is 8.66. The lowest BCUT2D eigenvalue weighted by molar-refractivity contribution is 0.660. The highest BCUT2D eigenvalue weighted by atomic mass is 32.1. The summed E-state index contributed by atoms with van der Waals surface area (Å²) in [6, 6.07) is 32.9. The minimum absolute atomic E-state index is 0.0381. The summed E-state index contributed by atoms with van der Waals surface area (Å²) < 4.78 is 2.68. The van der Waals surface area contributed by atoms with E-state index in [0.29, 0.717) is 0 Å². The van der Waals surface area contributed by atoms with Crippen molar-refractivity contribution in [2.24, 2.45) is 0 Å². The number of rotatable bonds is 3. The zero-order valence-electron chi connectivity index (χ0n) is 20.3. The van der Waals surface area contributed by atoms with E-state index >= 15 is 0 Å². The van der Waals surface area contributed by atoms with Crippen LogP contribution in [0.5, 0.6) is 0 Å². The molecule has 36 heavy (non-hydrogen) atoms. The van der Waals surface area contributed by atoms with Crippen molar-refractivity contribution in [1.82, 2.24) is 0 Å². The normalized spacial score (nSPS) is 15.7. The summed E-state index contributed by atoms with van der Waals surface area (Å²) in [6.45, 7) is 4.62. The van der Waals surface area contributed by atoms with Crippen LogP contribution in [-0.2, 0) is 5.41 Å². The summed E-state index contributed by atoms with van der Waals surface area (Å²) in [5, 5.41) is 6.26. The Kier molecular flexibility index (Phi) is 4.69. The lowest BCUT2D eigenvalue weighted by atomic mass is 9.82. The van der Waals surface area contributed by atoms with Crippen molar-refractivity contribution >= 4 is 42.8 Å². The molecule has 1 N–H and O–H groups in total. The van der Waals surface area contributed by atoms with E-state index in [1.807, 2.05) is 17.4 Å². The predicted molar refractivity (Wildman–Crippen MR) is 156 cm³/mol. The first kappa shape index (κ1) is 21.2. The summed E-state index contributed by atoms with van der Waals surface area (Å²) in [5.41, 5.74) is 13.2. The Bertz CT molecular complexity index is 1800. The minimum Gasteiger partial charge on any atom is -0.349 e. The van der Waals surface area contributed by atoms with Gasteiger partial charge in [0.15, 0.2) is 0 Å². The predicted octanol–water partition coefficient (Wildman–Crippen LogP) is 9.49. The van der Waals surface area contributed by atoms with E-state index in [9.17, 15) is 0 Å². The number of fused-ring (bicyclic) bond motifs is 6. The monoisotopic (exact) mass is 479 g/mol. The topological polar surface area (TPSA) is 12.0 Å². The first-order valence-electron chi connectivity index (χ1n) is 12.4. The minimum atomic E-state index is -0.0381. The molecule has 5 aromatic rings. The fraction of sp³-hybridized carbons (Fsp3) is 0.0882. The standard InChI is InChI=1S/C34H25NS/c1-34(2)30-12-5-3-9-26(30)27-11-7-8-25(21-31(27)34)35-24-17-14-22(15-18-24)23-16-19-33-29(20-23)28-10-4-6-13-32(28)36-33/h3-7,9-21,35H,1-2H3. The fourth-order valence-electron chi connectivity index (χ4n) is 5.61. The van der Waals surface area contributed by atoms with E-state index in [1.165, 1.54) is 53.6 Å². The van der Waals surface area contributed by atoms with Gasteiger partial charge in [0.1, 0.15) is 0 Å². The highest BCUT2D eigenvalue weighted by Crippen LogP contribution is 2.50. The van der Waals surface area contributed by atoms with Crippen LogP contribution in [0.1, 0.15) is 25.0 Å². The number of allylic oxidation sites excluding steroid dienone is 4. The molecule has 0 atom stereocenters. The van der Waals surface area contributed by atoms with Gasteiger partial charge < -0.3 is 5.32 Å². The van der Waals surface area contributed by atoms with Gasteiger partial charge in [0.05, 0.1) is 5.70 Å². The maximum Gasteiger partial charge on any atom is 0.0821 e. The summed E-state index contributed by atoms with van der Waals surface area (Å²) in [6.07, 6.45) is 6.49. The number of benzene rings is 4. The van der Waals surface area contributed by atoms with Gasteiger partial charge in [-0.3, -0.25) is 0 Å². The van der Waals surface area contributed by atoms with Crippen molar-refractivity contribution < 1.29 is 0 Å². The molecule has 1 nitrogen and oxygen atoms in total. The maximum atomic E-state index is 3.59. The molecular weight excluding hydrogens is 454 g/mol. The molecule has 0 unspecified atom stereocenters. The quantitative estimate of drug-likeness (QED) is 0.254. The summed E-state index contributed by atoms with van der Waals surface area (Å²) >= 11 is 1.86. The number of nitrogens with one attached hydrogen (secondary N) is 1. The van der Waals surface area contributed by atoms with E-state index in [0.717, 1.165) is 11.4 Å². The van der Waals surface area contributed by atoms with Crippen LogP contribution in [0, 0.1) is 0 Å². The molecule has 0 bridgehead atoms. The fourth-order valence-corrected chi connectivity index (χ4v) is 6.69. The average molecular weight is 480 g/mol. The molecule has 1 aromatic heterocycles.